The number of nitrogens with one attached hydrogen (secondary N) is 1. The van der Waals surface area contributed by atoms with E-state index in [0.717, 1.165) is 31.4 Å². The summed E-state index contributed by atoms with van der Waals surface area (Å²) >= 11 is 0. The smallest absolute Gasteiger partial charge is 0.237 e. The van der Waals surface area contributed by atoms with E-state index in [2.05, 4.69) is 10.2 Å². The van der Waals surface area contributed by atoms with E-state index >= 15 is 0 Å². The summed E-state index contributed by atoms with van der Waals surface area (Å²) in [6, 6.07) is 4.32. The predicted molar refractivity (Wildman–Crippen MR) is 72.9 cm³/mol. The Kier molecular flexibility index (Phi) is 4.37. The van der Waals surface area contributed by atoms with Gasteiger partial charge in [0, 0.05) is 19.3 Å². The van der Waals surface area contributed by atoms with Crippen molar-refractivity contribution >= 4 is 11.6 Å². The first-order valence-electron chi connectivity index (χ1n) is 6.61. The second kappa shape index (κ2) is 6.02. The van der Waals surface area contributed by atoms with Crippen molar-refractivity contribution in [3.63, 3.8) is 0 Å². The summed E-state index contributed by atoms with van der Waals surface area (Å²) in [7, 11) is 1.65. The van der Waals surface area contributed by atoms with Crippen LogP contribution in [0.4, 0.5) is 10.1 Å². The molecule has 2 rings (SSSR count). The van der Waals surface area contributed by atoms with Gasteiger partial charge in [0.2, 0.25) is 5.91 Å². The Labute approximate surface area is 112 Å². The van der Waals surface area contributed by atoms with Gasteiger partial charge in [0.05, 0.1) is 6.04 Å². The van der Waals surface area contributed by atoms with Gasteiger partial charge in [-0.1, -0.05) is 12.5 Å². The number of hydrogen-bond acceptors (Lipinski definition) is 3. The van der Waals surface area contributed by atoms with Gasteiger partial charge in [-0.2, -0.15) is 0 Å². The SMILES string of the molecule is CNC(=O)C1CCCCN1Cc1ccc(F)cc1N. The minimum Gasteiger partial charge on any atom is -0.398 e. The lowest BCUT2D eigenvalue weighted by Crippen LogP contribution is -2.48. The van der Waals surface area contributed by atoms with Crippen LogP contribution in [0.2, 0.25) is 0 Å². The van der Waals surface area contributed by atoms with Crippen LogP contribution in [0.3, 0.4) is 0 Å². The Balaban J connectivity index is 2.13. The first-order valence-corrected chi connectivity index (χ1v) is 6.61. The molecule has 0 bridgehead atoms. The molecule has 0 aromatic heterocycles. The Morgan fingerprint density at radius 1 is 1.53 bits per heavy atom. The fraction of sp³-hybridized carbons (Fsp3) is 0.500. The van der Waals surface area contributed by atoms with E-state index in [-0.39, 0.29) is 17.8 Å². The molecule has 4 nitrogen and oxygen atoms in total. The molecule has 1 aliphatic heterocycles. The second-order valence-electron chi connectivity index (χ2n) is 4.94. The van der Waals surface area contributed by atoms with Crippen LogP contribution in [0.15, 0.2) is 18.2 Å². The maximum absolute atomic E-state index is 13.0. The lowest BCUT2D eigenvalue weighted by molar-refractivity contribution is -0.127. The Morgan fingerprint density at radius 2 is 2.32 bits per heavy atom. The summed E-state index contributed by atoms with van der Waals surface area (Å²) in [5.74, 6) is -0.289. The number of anilines is 1. The lowest BCUT2D eigenvalue weighted by atomic mass is 10.00. The van der Waals surface area contributed by atoms with Gasteiger partial charge in [0.25, 0.3) is 0 Å². The normalized spacial score (nSPS) is 20.2. The van der Waals surface area contributed by atoms with Gasteiger partial charge in [0.15, 0.2) is 0 Å². The molecule has 0 saturated carbocycles. The van der Waals surface area contributed by atoms with Crippen LogP contribution in [-0.2, 0) is 11.3 Å². The van der Waals surface area contributed by atoms with E-state index < -0.39 is 0 Å². The van der Waals surface area contributed by atoms with Crippen molar-refractivity contribution in [2.45, 2.75) is 31.8 Å². The minimum atomic E-state index is -0.331. The molecule has 5 heteroatoms. The highest BCUT2D eigenvalue weighted by Gasteiger charge is 2.28. The second-order valence-corrected chi connectivity index (χ2v) is 4.94. The minimum absolute atomic E-state index is 0.0420. The lowest BCUT2D eigenvalue weighted by Gasteiger charge is -2.34. The number of carbonyl (C=O) groups excluding carboxylic acids is 1. The number of nitrogens with two attached hydrogens (primary N) is 1. The quantitative estimate of drug-likeness (QED) is 0.814. The molecule has 19 heavy (non-hydrogen) atoms. The number of likely N-dealkylation sites (tertiary alicyclic amines) is 1. The third-order valence-corrected chi connectivity index (χ3v) is 3.64. The van der Waals surface area contributed by atoms with E-state index in [9.17, 15) is 9.18 Å². The molecular formula is C14H20FN3O. The molecule has 1 aliphatic rings. The van der Waals surface area contributed by atoms with Crippen LogP contribution in [-0.4, -0.2) is 30.4 Å². The molecule has 0 aliphatic carbocycles. The number of nitrogen functional groups attached to an aromatic ring is 1. The number of likely N-dealkylation sites (N-methyl/N-ethyl adjacent to an activating group) is 1. The number of nitrogens with zero attached hydrogens (tertiary/aromatic N) is 1. The summed E-state index contributed by atoms with van der Waals surface area (Å²) in [4.78, 5) is 14.0. The molecule has 0 radical (unpaired) electrons. The standard InChI is InChI=1S/C14H20FN3O/c1-17-14(19)13-4-2-3-7-18(13)9-10-5-6-11(15)8-12(10)16/h5-6,8,13H,2-4,7,9,16H2,1H3,(H,17,19). The average Bonchev–Trinajstić information content (AvgIpc) is 2.41. The maximum atomic E-state index is 13.0. The molecule has 1 saturated heterocycles. The maximum Gasteiger partial charge on any atom is 0.237 e. The summed E-state index contributed by atoms with van der Waals surface area (Å²) in [6.07, 6.45) is 3.00. The van der Waals surface area contributed by atoms with Crippen molar-refractivity contribution in [3.8, 4) is 0 Å². The number of benzene rings is 1. The zero-order chi connectivity index (χ0) is 13.8. The van der Waals surface area contributed by atoms with Gasteiger partial charge in [-0.25, -0.2) is 4.39 Å². The van der Waals surface area contributed by atoms with Crippen molar-refractivity contribution in [1.29, 1.82) is 0 Å². The monoisotopic (exact) mass is 265 g/mol. The zero-order valence-corrected chi connectivity index (χ0v) is 11.2. The van der Waals surface area contributed by atoms with Crippen molar-refractivity contribution in [2.24, 2.45) is 0 Å². The van der Waals surface area contributed by atoms with Crippen LogP contribution >= 0.6 is 0 Å². The molecule has 1 unspecified atom stereocenters. The van der Waals surface area contributed by atoms with E-state index in [1.54, 1.807) is 13.1 Å². The number of amides is 1. The molecule has 1 amide bonds. The topological polar surface area (TPSA) is 58.4 Å². The number of rotatable bonds is 3. The summed E-state index contributed by atoms with van der Waals surface area (Å²) in [5, 5.41) is 2.70. The fourth-order valence-electron chi connectivity index (χ4n) is 2.57. The van der Waals surface area contributed by atoms with Gasteiger partial charge in [-0.3, -0.25) is 9.69 Å². The number of hydrogen-bond donors (Lipinski definition) is 2. The molecule has 0 spiro atoms. The predicted octanol–water partition coefficient (Wildman–Crippen LogP) is 1.51. The van der Waals surface area contributed by atoms with Gasteiger partial charge in [-0.15, -0.1) is 0 Å². The molecule has 1 fully saturated rings. The number of piperidine rings is 1. The van der Waals surface area contributed by atoms with Crippen LogP contribution < -0.4 is 11.1 Å². The first-order chi connectivity index (χ1) is 9.11. The Morgan fingerprint density at radius 3 is 3.00 bits per heavy atom. The third-order valence-electron chi connectivity index (χ3n) is 3.64. The molecule has 1 aromatic rings. The van der Waals surface area contributed by atoms with Crippen molar-refractivity contribution in [3.05, 3.63) is 29.6 Å². The van der Waals surface area contributed by atoms with Gasteiger partial charge >= 0.3 is 0 Å². The first kappa shape index (κ1) is 13.8. The average molecular weight is 265 g/mol. The van der Waals surface area contributed by atoms with Crippen molar-refractivity contribution in [1.82, 2.24) is 10.2 Å². The van der Waals surface area contributed by atoms with Crippen molar-refractivity contribution in [2.75, 3.05) is 19.3 Å². The molecular weight excluding hydrogens is 245 g/mol. The largest absolute Gasteiger partial charge is 0.398 e. The number of carbonyl (C=O) groups is 1. The van der Waals surface area contributed by atoms with Gasteiger partial charge in [0.1, 0.15) is 5.82 Å². The van der Waals surface area contributed by atoms with Crippen LogP contribution in [0.25, 0.3) is 0 Å². The van der Waals surface area contributed by atoms with Gasteiger partial charge in [-0.05, 0) is 37.1 Å². The van der Waals surface area contributed by atoms with Gasteiger partial charge < -0.3 is 11.1 Å². The summed E-state index contributed by atoms with van der Waals surface area (Å²) < 4.78 is 13.0. The molecule has 1 heterocycles. The Hall–Kier alpha value is -1.62. The van der Waals surface area contributed by atoms with E-state index in [4.69, 9.17) is 5.73 Å². The molecule has 104 valence electrons. The van der Waals surface area contributed by atoms with Crippen LogP contribution in [0.5, 0.6) is 0 Å². The highest BCUT2D eigenvalue weighted by Crippen LogP contribution is 2.22. The fourth-order valence-corrected chi connectivity index (χ4v) is 2.57. The summed E-state index contributed by atoms with van der Waals surface area (Å²) in [5.41, 5.74) is 7.14. The van der Waals surface area contributed by atoms with Crippen molar-refractivity contribution < 1.29 is 9.18 Å². The van der Waals surface area contributed by atoms with Crippen LogP contribution in [0, 0.1) is 5.82 Å². The number of halogens is 1. The highest BCUT2D eigenvalue weighted by molar-refractivity contribution is 5.81. The highest BCUT2D eigenvalue weighted by atomic mass is 19.1. The van der Waals surface area contributed by atoms with Crippen LogP contribution in [0.1, 0.15) is 24.8 Å². The summed E-state index contributed by atoms with van der Waals surface area (Å²) in [6.45, 7) is 1.46. The zero-order valence-electron chi connectivity index (χ0n) is 11.2. The molecule has 3 N–H and O–H groups in total. The third kappa shape index (κ3) is 3.23. The molecule has 1 atom stereocenters. The Bertz CT molecular complexity index is 464. The van der Waals surface area contributed by atoms with E-state index in [1.807, 2.05) is 0 Å². The van der Waals surface area contributed by atoms with E-state index in [1.165, 1.54) is 12.1 Å². The van der Waals surface area contributed by atoms with E-state index in [0.29, 0.717) is 12.2 Å². The molecule has 1 aromatic carbocycles.